The standard InChI is InChI=1S/C24H25FN6O2/c1-14-19(23(32)28-11-17-6-8-18(25)9-7-17)12-27-22(30-14)21-5-4-10-31(21)24(33)20-13-26-16(3)29-15(20)2/h6-9,12-13,21H,4-5,10-11H2,1-3H3,(H,28,32)/t21-/m1/s1. The van der Waals surface area contributed by atoms with E-state index in [1.165, 1.54) is 18.3 Å². The van der Waals surface area contributed by atoms with Crippen LogP contribution in [0.4, 0.5) is 4.39 Å². The molecule has 0 radical (unpaired) electrons. The fourth-order valence-electron chi connectivity index (χ4n) is 3.97. The molecule has 4 rings (SSSR count). The van der Waals surface area contributed by atoms with Gasteiger partial charge in [0.1, 0.15) is 11.6 Å². The van der Waals surface area contributed by atoms with Crippen LogP contribution in [0.2, 0.25) is 0 Å². The number of hydrogen-bond donors (Lipinski definition) is 1. The summed E-state index contributed by atoms with van der Waals surface area (Å²) < 4.78 is 13.0. The topological polar surface area (TPSA) is 101 Å². The Bertz CT molecular complexity index is 1200. The van der Waals surface area contributed by atoms with Gasteiger partial charge < -0.3 is 10.2 Å². The SMILES string of the molecule is Cc1ncc(C(=O)N2CCC[C@@H]2c2ncc(C(=O)NCc3ccc(F)cc3)c(C)n2)c(C)n1. The molecular formula is C24H25FN6O2. The first-order valence-electron chi connectivity index (χ1n) is 10.8. The zero-order valence-corrected chi connectivity index (χ0v) is 18.8. The van der Waals surface area contributed by atoms with Gasteiger partial charge in [-0.25, -0.2) is 24.3 Å². The van der Waals surface area contributed by atoms with Gasteiger partial charge in [0.15, 0.2) is 5.82 Å². The van der Waals surface area contributed by atoms with E-state index in [0.29, 0.717) is 40.7 Å². The van der Waals surface area contributed by atoms with Crippen LogP contribution in [-0.4, -0.2) is 43.2 Å². The lowest BCUT2D eigenvalue weighted by Gasteiger charge is -2.24. The van der Waals surface area contributed by atoms with Crippen molar-refractivity contribution in [2.24, 2.45) is 0 Å². The molecule has 170 valence electrons. The Morgan fingerprint density at radius 1 is 1.03 bits per heavy atom. The third-order valence-corrected chi connectivity index (χ3v) is 5.75. The first-order valence-corrected chi connectivity index (χ1v) is 10.8. The van der Waals surface area contributed by atoms with Gasteiger partial charge in [0.2, 0.25) is 0 Å². The van der Waals surface area contributed by atoms with Gasteiger partial charge >= 0.3 is 0 Å². The molecule has 0 spiro atoms. The molecule has 0 bridgehead atoms. The van der Waals surface area contributed by atoms with Crippen molar-refractivity contribution in [3.05, 3.63) is 82.2 Å². The smallest absolute Gasteiger partial charge is 0.257 e. The molecule has 1 atom stereocenters. The fourth-order valence-corrected chi connectivity index (χ4v) is 3.97. The third-order valence-electron chi connectivity index (χ3n) is 5.75. The van der Waals surface area contributed by atoms with Crippen molar-refractivity contribution in [2.45, 2.75) is 46.2 Å². The van der Waals surface area contributed by atoms with Crippen LogP contribution < -0.4 is 5.32 Å². The molecule has 1 aromatic carbocycles. The molecule has 1 aliphatic heterocycles. The van der Waals surface area contributed by atoms with Gasteiger partial charge in [-0.3, -0.25) is 9.59 Å². The summed E-state index contributed by atoms with van der Waals surface area (Å²) in [5.74, 6) is 0.357. The molecule has 1 N–H and O–H groups in total. The number of benzene rings is 1. The van der Waals surface area contributed by atoms with E-state index in [-0.39, 0.29) is 30.2 Å². The zero-order valence-electron chi connectivity index (χ0n) is 18.8. The second-order valence-corrected chi connectivity index (χ2v) is 8.11. The summed E-state index contributed by atoms with van der Waals surface area (Å²) in [6.07, 6.45) is 4.65. The van der Waals surface area contributed by atoms with Crippen LogP contribution in [-0.2, 0) is 6.54 Å². The molecule has 1 fully saturated rings. The Morgan fingerprint density at radius 3 is 2.42 bits per heavy atom. The normalized spacial score (nSPS) is 15.5. The Balaban J connectivity index is 1.48. The average Bonchev–Trinajstić information content (AvgIpc) is 3.28. The minimum absolute atomic E-state index is 0.141. The van der Waals surface area contributed by atoms with E-state index < -0.39 is 0 Å². The number of carbonyl (C=O) groups is 2. The van der Waals surface area contributed by atoms with Crippen LogP contribution in [0.1, 0.15) is 68.2 Å². The molecule has 3 aromatic rings. The Kier molecular flexibility index (Phi) is 6.39. The number of nitrogens with zero attached hydrogens (tertiary/aromatic N) is 5. The maximum Gasteiger partial charge on any atom is 0.257 e. The molecule has 2 aromatic heterocycles. The number of carbonyl (C=O) groups excluding carboxylic acids is 2. The number of likely N-dealkylation sites (tertiary alicyclic amines) is 1. The highest BCUT2D eigenvalue weighted by Crippen LogP contribution is 2.31. The van der Waals surface area contributed by atoms with Crippen LogP contribution in [0, 0.1) is 26.6 Å². The lowest BCUT2D eigenvalue weighted by molar-refractivity contribution is 0.0727. The Morgan fingerprint density at radius 2 is 1.73 bits per heavy atom. The predicted molar refractivity (Wildman–Crippen MR) is 119 cm³/mol. The van der Waals surface area contributed by atoms with Crippen LogP contribution in [0.15, 0.2) is 36.7 Å². The summed E-state index contributed by atoms with van der Waals surface area (Å²) in [6.45, 7) is 6.19. The summed E-state index contributed by atoms with van der Waals surface area (Å²) in [5, 5.41) is 2.80. The van der Waals surface area contributed by atoms with Gasteiger partial charge in [-0.1, -0.05) is 12.1 Å². The quantitative estimate of drug-likeness (QED) is 0.643. The summed E-state index contributed by atoms with van der Waals surface area (Å²) in [7, 11) is 0. The van der Waals surface area contributed by atoms with Crippen molar-refractivity contribution in [2.75, 3.05) is 6.54 Å². The third kappa shape index (κ3) is 4.87. The van der Waals surface area contributed by atoms with E-state index in [1.807, 2.05) is 0 Å². The lowest BCUT2D eigenvalue weighted by atomic mass is 10.1. The van der Waals surface area contributed by atoms with Crippen LogP contribution in [0.5, 0.6) is 0 Å². The van der Waals surface area contributed by atoms with E-state index in [2.05, 4.69) is 25.3 Å². The van der Waals surface area contributed by atoms with E-state index in [4.69, 9.17) is 0 Å². The molecule has 0 saturated carbocycles. The van der Waals surface area contributed by atoms with Crippen LogP contribution >= 0.6 is 0 Å². The number of aromatic nitrogens is 4. The number of amides is 2. The molecule has 0 unspecified atom stereocenters. The second-order valence-electron chi connectivity index (χ2n) is 8.11. The molecule has 9 heteroatoms. The van der Waals surface area contributed by atoms with E-state index in [0.717, 1.165) is 18.4 Å². The first kappa shape index (κ1) is 22.4. The number of nitrogens with one attached hydrogen (secondary N) is 1. The monoisotopic (exact) mass is 448 g/mol. The highest BCUT2D eigenvalue weighted by molar-refractivity contribution is 5.95. The summed E-state index contributed by atoms with van der Waals surface area (Å²) in [6, 6.07) is 5.67. The van der Waals surface area contributed by atoms with Crippen molar-refractivity contribution in [1.29, 1.82) is 0 Å². The van der Waals surface area contributed by atoms with Crippen molar-refractivity contribution in [1.82, 2.24) is 30.2 Å². The van der Waals surface area contributed by atoms with Crippen molar-refractivity contribution in [3.63, 3.8) is 0 Å². The van der Waals surface area contributed by atoms with E-state index >= 15 is 0 Å². The molecule has 3 heterocycles. The van der Waals surface area contributed by atoms with Crippen molar-refractivity contribution < 1.29 is 14.0 Å². The second kappa shape index (κ2) is 9.40. The Hall–Kier alpha value is -3.75. The van der Waals surface area contributed by atoms with Gasteiger partial charge in [0.25, 0.3) is 11.8 Å². The number of halogens is 1. The minimum atomic E-state index is -0.325. The predicted octanol–water partition coefficient (Wildman–Crippen LogP) is 3.24. The zero-order chi connectivity index (χ0) is 23.5. The minimum Gasteiger partial charge on any atom is -0.348 e. The van der Waals surface area contributed by atoms with Gasteiger partial charge in [0, 0.05) is 25.5 Å². The van der Waals surface area contributed by atoms with Crippen LogP contribution in [0.25, 0.3) is 0 Å². The number of hydrogen-bond acceptors (Lipinski definition) is 6. The van der Waals surface area contributed by atoms with Gasteiger partial charge in [-0.15, -0.1) is 0 Å². The maximum absolute atomic E-state index is 13.2. The molecule has 33 heavy (non-hydrogen) atoms. The van der Waals surface area contributed by atoms with E-state index in [1.54, 1.807) is 44.0 Å². The highest BCUT2D eigenvalue weighted by atomic mass is 19.1. The number of aryl methyl sites for hydroxylation is 3. The largest absolute Gasteiger partial charge is 0.348 e. The highest BCUT2D eigenvalue weighted by Gasteiger charge is 2.34. The first-order chi connectivity index (χ1) is 15.8. The molecule has 2 amide bonds. The van der Waals surface area contributed by atoms with Gasteiger partial charge in [-0.05, 0) is 51.3 Å². The molecular weight excluding hydrogens is 423 g/mol. The summed E-state index contributed by atoms with van der Waals surface area (Å²) >= 11 is 0. The number of rotatable bonds is 5. The molecule has 0 aliphatic carbocycles. The molecule has 1 saturated heterocycles. The summed E-state index contributed by atoms with van der Waals surface area (Å²) in [5.41, 5.74) is 2.80. The molecule has 1 aliphatic rings. The van der Waals surface area contributed by atoms with Crippen molar-refractivity contribution >= 4 is 11.8 Å². The van der Waals surface area contributed by atoms with Gasteiger partial charge in [-0.2, -0.15) is 0 Å². The van der Waals surface area contributed by atoms with E-state index in [9.17, 15) is 14.0 Å². The summed E-state index contributed by atoms with van der Waals surface area (Å²) in [4.78, 5) is 45.0. The van der Waals surface area contributed by atoms with Gasteiger partial charge in [0.05, 0.1) is 28.6 Å². The van der Waals surface area contributed by atoms with Crippen molar-refractivity contribution in [3.8, 4) is 0 Å². The lowest BCUT2D eigenvalue weighted by Crippen LogP contribution is -2.32. The maximum atomic E-state index is 13.2. The average molecular weight is 449 g/mol. The Labute approximate surface area is 191 Å². The van der Waals surface area contributed by atoms with Crippen LogP contribution in [0.3, 0.4) is 0 Å². The molecule has 8 nitrogen and oxygen atoms in total. The fraction of sp³-hybridized carbons (Fsp3) is 0.333.